The number of carbonyl (C=O) groups excluding carboxylic acids is 2. The largest absolute Gasteiger partial charge is 0.468 e. The number of alkyl carbamates (subject to hydrolysis) is 1. The van der Waals surface area contributed by atoms with E-state index in [4.69, 9.17) is 23.7 Å². The van der Waals surface area contributed by atoms with Gasteiger partial charge in [0, 0.05) is 6.04 Å². The van der Waals surface area contributed by atoms with Crippen LogP contribution in [0.2, 0.25) is 19.6 Å². The van der Waals surface area contributed by atoms with Crippen molar-refractivity contribution in [1.82, 2.24) is 5.32 Å². The number of ether oxygens (including phenoxy) is 5. The first-order valence-electron chi connectivity index (χ1n) is 10.9. The fourth-order valence-corrected chi connectivity index (χ4v) is 4.31. The van der Waals surface area contributed by atoms with E-state index in [0.29, 0.717) is 17.9 Å². The molecule has 0 saturated heterocycles. The third kappa shape index (κ3) is 8.80. The van der Waals surface area contributed by atoms with Crippen LogP contribution in [0, 0.1) is 0 Å². The SMILES string of the molecule is COC(=O)c1cccc(OCOCC(OC2CC(NC(=O)OC(C)(C)C)C2)[Si](C)(C)C)c1. The first-order valence-corrected chi connectivity index (χ1v) is 14.5. The van der Waals surface area contributed by atoms with Gasteiger partial charge in [0.1, 0.15) is 11.4 Å². The Labute approximate surface area is 191 Å². The molecule has 1 aromatic carbocycles. The average molecular weight is 468 g/mol. The summed E-state index contributed by atoms with van der Waals surface area (Å²) in [6.45, 7) is 12.7. The highest BCUT2D eigenvalue weighted by molar-refractivity contribution is 6.77. The summed E-state index contributed by atoms with van der Waals surface area (Å²) in [6.07, 6.45) is 1.22. The van der Waals surface area contributed by atoms with E-state index in [-0.39, 0.29) is 30.8 Å². The Bertz CT molecular complexity index is 766. The van der Waals surface area contributed by atoms with Gasteiger partial charge in [0.25, 0.3) is 0 Å². The Morgan fingerprint density at radius 1 is 1.19 bits per heavy atom. The second-order valence-corrected chi connectivity index (χ2v) is 15.5. The van der Waals surface area contributed by atoms with Crippen molar-refractivity contribution in [2.24, 2.45) is 0 Å². The number of hydrogen-bond donors (Lipinski definition) is 1. The standard InChI is InChI=1S/C23H37NO7Si/c1-23(2,3)31-22(26)24-17-12-19(13-17)30-20(32(5,6)7)14-28-15-29-18-10-8-9-16(11-18)21(25)27-4/h8-11,17,19-20H,12-15H2,1-7H3,(H,24,26). The number of rotatable bonds is 10. The highest BCUT2D eigenvalue weighted by atomic mass is 28.3. The number of benzene rings is 1. The Kier molecular flexibility index (Phi) is 9.12. The lowest BCUT2D eigenvalue weighted by atomic mass is 9.89. The molecule has 0 aromatic heterocycles. The zero-order chi connectivity index (χ0) is 23.9. The van der Waals surface area contributed by atoms with Gasteiger partial charge in [-0.2, -0.15) is 0 Å². The van der Waals surface area contributed by atoms with Crippen LogP contribution >= 0.6 is 0 Å². The lowest BCUT2D eigenvalue weighted by Crippen LogP contribution is -2.53. The molecule has 1 N–H and O–H groups in total. The molecule has 2 rings (SSSR count). The summed E-state index contributed by atoms with van der Waals surface area (Å²) in [4.78, 5) is 23.5. The van der Waals surface area contributed by atoms with Crippen LogP contribution in [0.3, 0.4) is 0 Å². The third-order valence-corrected chi connectivity index (χ3v) is 7.21. The smallest absolute Gasteiger partial charge is 0.407 e. The second kappa shape index (κ2) is 11.2. The molecule has 1 atom stereocenters. The van der Waals surface area contributed by atoms with Gasteiger partial charge in [0.05, 0.1) is 39.2 Å². The van der Waals surface area contributed by atoms with Crippen molar-refractivity contribution < 1.29 is 33.3 Å². The number of esters is 1. The Balaban J connectivity index is 1.75. The molecular formula is C23H37NO7Si. The van der Waals surface area contributed by atoms with Gasteiger partial charge in [-0.25, -0.2) is 9.59 Å². The van der Waals surface area contributed by atoms with Crippen molar-refractivity contribution >= 4 is 20.1 Å². The molecule has 1 aliphatic rings. The molecule has 1 fully saturated rings. The predicted octanol–water partition coefficient (Wildman–Crippen LogP) is 4.14. The minimum atomic E-state index is -1.65. The van der Waals surface area contributed by atoms with Gasteiger partial charge in [-0.05, 0) is 51.8 Å². The van der Waals surface area contributed by atoms with Gasteiger partial charge < -0.3 is 29.0 Å². The maximum Gasteiger partial charge on any atom is 0.407 e. The lowest BCUT2D eigenvalue weighted by molar-refractivity contribution is -0.0831. The van der Waals surface area contributed by atoms with Crippen LogP contribution in [0.5, 0.6) is 5.75 Å². The van der Waals surface area contributed by atoms with Crippen LogP contribution in [-0.2, 0) is 18.9 Å². The minimum Gasteiger partial charge on any atom is -0.468 e. The van der Waals surface area contributed by atoms with Crippen molar-refractivity contribution in [2.45, 2.75) is 76.7 Å². The minimum absolute atomic E-state index is 0.0000184. The maximum absolute atomic E-state index is 11.9. The summed E-state index contributed by atoms with van der Waals surface area (Å²) >= 11 is 0. The van der Waals surface area contributed by atoms with Crippen molar-refractivity contribution in [2.75, 3.05) is 20.5 Å². The number of methoxy groups -OCH3 is 1. The molecular weight excluding hydrogens is 430 g/mol. The van der Waals surface area contributed by atoms with E-state index in [0.717, 1.165) is 12.8 Å². The van der Waals surface area contributed by atoms with Gasteiger partial charge in [0.15, 0.2) is 6.79 Å². The zero-order valence-corrected chi connectivity index (χ0v) is 21.2. The van der Waals surface area contributed by atoms with Crippen molar-refractivity contribution in [3.05, 3.63) is 29.8 Å². The molecule has 0 bridgehead atoms. The van der Waals surface area contributed by atoms with Gasteiger partial charge in [0.2, 0.25) is 0 Å². The Morgan fingerprint density at radius 3 is 2.47 bits per heavy atom. The topological polar surface area (TPSA) is 92.3 Å². The molecule has 1 amide bonds. The lowest BCUT2D eigenvalue weighted by Gasteiger charge is -2.40. The van der Waals surface area contributed by atoms with E-state index in [1.54, 1.807) is 24.3 Å². The molecule has 1 aliphatic carbocycles. The van der Waals surface area contributed by atoms with Crippen LogP contribution in [0.25, 0.3) is 0 Å². The molecule has 8 nitrogen and oxygen atoms in total. The predicted molar refractivity (Wildman–Crippen MR) is 124 cm³/mol. The van der Waals surface area contributed by atoms with Crippen LogP contribution < -0.4 is 10.1 Å². The van der Waals surface area contributed by atoms with Gasteiger partial charge in [-0.3, -0.25) is 0 Å². The molecule has 0 aliphatic heterocycles. The van der Waals surface area contributed by atoms with Crippen LogP contribution in [0.4, 0.5) is 4.79 Å². The molecule has 0 heterocycles. The molecule has 1 aromatic rings. The van der Waals surface area contributed by atoms with Crippen molar-refractivity contribution in [3.8, 4) is 5.75 Å². The van der Waals surface area contributed by atoms with Crippen LogP contribution in [0.15, 0.2) is 24.3 Å². The van der Waals surface area contributed by atoms with E-state index in [1.165, 1.54) is 7.11 Å². The first-order chi connectivity index (χ1) is 14.9. The molecule has 180 valence electrons. The Hall–Kier alpha value is -2.10. The van der Waals surface area contributed by atoms with Gasteiger partial charge in [-0.1, -0.05) is 25.7 Å². The Morgan fingerprint density at radius 2 is 1.88 bits per heavy atom. The zero-order valence-electron chi connectivity index (χ0n) is 20.2. The highest BCUT2D eigenvalue weighted by Crippen LogP contribution is 2.27. The van der Waals surface area contributed by atoms with Crippen LogP contribution in [0.1, 0.15) is 44.0 Å². The third-order valence-electron chi connectivity index (χ3n) is 4.97. The van der Waals surface area contributed by atoms with E-state index >= 15 is 0 Å². The number of amides is 1. The average Bonchev–Trinajstić information content (AvgIpc) is 2.65. The molecule has 32 heavy (non-hydrogen) atoms. The molecule has 0 spiro atoms. The maximum atomic E-state index is 11.9. The fraction of sp³-hybridized carbons (Fsp3) is 0.652. The molecule has 1 saturated carbocycles. The van der Waals surface area contributed by atoms with E-state index in [1.807, 2.05) is 20.8 Å². The molecule has 0 radical (unpaired) electrons. The molecule has 1 unspecified atom stereocenters. The second-order valence-electron chi connectivity index (χ2n) is 10.1. The van der Waals surface area contributed by atoms with E-state index in [2.05, 4.69) is 25.0 Å². The van der Waals surface area contributed by atoms with Gasteiger partial charge in [-0.15, -0.1) is 0 Å². The van der Waals surface area contributed by atoms with Gasteiger partial charge >= 0.3 is 12.1 Å². The van der Waals surface area contributed by atoms with Crippen molar-refractivity contribution in [3.63, 3.8) is 0 Å². The monoisotopic (exact) mass is 467 g/mol. The summed E-state index contributed by atoms with van der Waals surface area (Å²) in [5, 5.41) is 2.89. The quantitative estimate of drug-likeness (QED) is 0.239. The van der Waals surface area contributed by atoms with E-state index in [9.17, 15) is 9.59 Å². The summed E-state index contributed by atoms with van der Waals surface area (Å²) in [5.74, 6) is 0.122. The number of hydrogen-bond acceptors (Lipinski definition) is 7. The summed E-state index contributed by atoms with van der Waals surface area (Å²) in [6, 6.07) is 6.84. The normalized spacial score (nSPS) is 19.5. The number of carbonyl (C=O) groups is 2. The summed E-state index contributed by atoms with van der Waals surface area (Å²) in [7, 11) is -0.311. The number of nitrogens with one attached hydrogen (secondary N) is 1. The van der Waals surface area contributed by atoms with Crippen molar-refractivity contribution in [1.29, 1.82) is 0 Å². The summed E-state index contributed by atoms with van der Waals surface area (Å²) < 4.78 is 27.7. The fourth-order valence-electron chi connectivity index (χ4n) is 3.09. The van der Waals surface area contributed by atoms with E-state index < -0.39 is 19.6 Å². The molecule has 9 heteroatoms. The first kappa shape index (κ1) is 26.2. The summed E-state index contributed by atoms with van der Waals surface area (Å²) in [5.41, 5.74) is -0.0833. The van der Waals surface area contributed by atoms with Crippen LogP contribution in [-0.4, -0.2) is 64.1 Å². The highest BCUT2D eigenvalue weighted by Gasteiger charge is 2.37.